The molecule has 0 spiro atoms. The van der Waals surface area contributed by atoms with Crippen molar-refractivity contribution >= 4 is 17.5 Å². The SMILES string of the molecule is O=C(CN1CCN(CC(=O)N2CCCCCCC2)CC1)Nc1ccc(F)cc1. The molecule has 0 saturated carbocycles. The van der Waals surface area contributed by atoms with Gasteiger partial charge in [0, 0.05) is 45.0 Å². The molecule has 154 valence electrons. The smallest absolute Gasteiger partial charge is 0.238 e. The second-order valence-corrected chi connectivity index (χ2v) is 7.76. The van der Waals surface area contributed by atoms with Gasteiger partial charge in [0.2, 0.25) is 11.8 Å². The fourth-order valence-corrected chi connectivity index (χ4v) is 3.83. The fourth-order valence-electron chi connectivity index (χ4n) is 3.83. The summed E-state index contributed by atoms with van der Waals surface area (Å²) in [7, 11) is 0. The number of likely N-dealkylation sites (tertiary alicyclic amines) is 1. The number of hydrogen-bond donors (Lipinski definition) is 1. The average Bonchev–Trinajstić information content (AvgIpc) is 2.65. The molecule has 0 bridgehead atoms. The molecule has 0 aliphatic carbocycles. The number of anilines is 1. The van der Waals surface area contributed by atoms with Crippen LogP contribution in [0.15, 0.2) is 24.3 Å². The minimum Gasteiger partial charge on any atom is -0.342 e. The van der Waals surface area contributed by atoms with Gasteiger partial charge in [0.1, 0.15) is 5.82 Å². The molecule has 1 N–H and O–H groups in total. The normalized spacial score (nSPS) is 19.7. The molecule has 6 nitrogen and oxygen atoms in total. The van der Waals surface area contributed by atoms with E-state index >= 15 is 0 Å². The lowest BCUT2D eigenvalue weighted by molar-refractivity contribution is -0.133. The van der Waals surface area contributed by atoms with Crippen LogP contribution in [0.25, 0.3) is 0 Å². The molecule has 3 rings (SSSR count). The van der Waals surface area contributed by atoms with Crippen molar-refractivity contribution in [3.05, 3.63) is 30.1 Å². The fraction of sp³-hybridized carbons (Fsp3) is 0.619. The Bertz CT molecular complexity index is 636. The molecule has 7 heteroatoms. The number of nitrogens with one attached hydrogen (secondary N) is 1. The molecule has 0 atom stereocenters. The molecule has 0 radical (unpaired) electrons. The van der Waals surface area contributed by atoms with E-state index in [9.17, 15) is 14.0 Å². The van der Waals surface area contributed by atoms with E-state index in [-0.39, 0.29) is 17.6 Å². The Balaban J connectivity index is 1.37. The zero-order valence-electron chi connectivity index (χ0n) is 16.5. The van der Waals surface area contributed by atoms with Crippen LogP contribution >= 0.6 is 0 Å². The maximum atomic E-state index is 12.9. The predicted octanol–water partition coefficient (Wildman–Crippen LogP) is 2.17. The molecule has 2 saturated heterocycles. The van der Waals surface area contributed by atoms with Crippen molar-refractivity contribution in [2.75, 3.05) is 57.7 Å². The summed E-state index contributed by atoms with van der Waals surface area (Å²) in [5, 5.41) is 2.79. The van der Waals surface area contributed by atoms with Crippen LogP contribution < -0.4 is 5.32 Å². The molecule has 2 heterocycles. The van der Waals surface area contributed by atoms with Gasteiger partial charge in [-0.15, -0.1) is 0 Å². The Morgan fingerprint density at radius 3 is 1.93 bits per heavy atom. The Morgan fingerprint density at radius 1 is 0.786 bits per heavy atom. The second-order valence-electron chi connectivity index (χ2n) is 7.76. The minimum absolute atomic E-state index is 0.100. The number of carbonyl (C=O) groups excluding carboxylic acids is 2. The lowest BCUT2D eigenvalue weighted by Gasteiger charge is -2.35. The van der Waals surface area contributed by atoms with E-state index in [1.165, 1.54) is 31.4 Å². The number of nitrogens with zero attached hydrogens (tertiary/aromatic N) is 3. The number of hydrogen-bond acceptors (Lipinski definition) is 4. The molecule has 28 heavy (non-hydrogen) atoms. The highest BCUT2D eigenvalue weighted by Crippen LogP contribution is 2.12. The van der Waals surface area contributed by atoms with Gasteiger partial charge >= 0.3 is 0 Å². The molecular formula is C21H31FN4O2. The van der Waals surface area contributed by atoms with E-state index in [0.717, 1.165) is 52.1 Å². The third-order valence-corrected chi connectivity index (χ3v) is 5.53. The van der Waals surface area contributed by atoms with Crippen LogP contribution in [0.3, 0.4) is 0 Å². The largest absolute Gasteiger partial charge is 0.342 e. The van der Waals surface area contributed by atoms with Crippen LogP contribution in [0, 0.1) is 5.82 Å². The highest BCUT2D eigenvalue weighted by molar-refractivity contribution is 5.92. The molecule has 1 aromatic rings. The van der Waals surface area contributed by atoms with E-state index in [0.29, 0.717) is 18.8 Å². The quantitative estimate of drug-likeness (QED) is 0.837. The molecular weight excluding hydrogens is 359 g/mol. The standard InChI is InChI=1S/C21H31FN4O2/c22-18-6-8-19(9-7-18)23-20(27)16-24-12-14-25(15-13-24)17-21(28)26-10-4-2-1-3-5-11-26/h6-9H,1-5,10-17H2,(H,23,27). The summed E-state index contributed by atoms with van der Waals surface area (Å²) in [4.78, 5) is 31.1. The first-order valence-electron chi connectivity index (χ1n) is 10.4. The Labute approximate surface area is 166 Å². The van der Waals surface area contributed by atoms with Crippen molar-refractivity contribution in [1.82, 2.24) is 14.7 Å². The highest BCUT2D eigenvalue weighted by atomic mass is 19.1. The van der Waals surface area contributed by atoms with E-state index in [1.54, 1.807) is 12.1 Å². The Morgan fingerprint density at radius 2 is 1.32 bits per heavy atom. The van der Waals surface area contributed by atoms with E-state index in [4.69, 9.17) is 0 Å². The summed E-state index contributed by atoms with van der Waals surface area (Å²) < 4.78 is 12.9. The molecule has 0 aromatic heterocycles. The van der Waals surface area contributed by atoms with Crippen LogP contribution in [-0.4, -0.2) is 78.9 Å². The van der Waals surface area contributed by atoms with Crippen molar-refractivity contribution in [1.29, 1.82) is 0 Å². The average molecular weight is 391 g/mol. The van der Waals surface area contributed by atoms with Gasteiger partial charge in [0.05, 0.1) is 13.1 Å². The summed E-state index contributed by atoms with van der Waals surface area (Å²) in [5.74, 6) is -0.180. The van der Waals surface area contributed by atoms with E-state index in [1.807, 2.05) is 4.90 Å². The number of rotatable bonds is 5. The van der Waals surface area contributed by atoms with Crippen LogP contribution in [0.2, 0.25) is 0 Å². The highest BCUT2D eigenvalue weighted by Gasteiger charge is 2.23. The van der Waals surface area contributed by atoms with Crippen LogP contribution in [0.5, 0.6) is 0 Å². The number of piperazine rings is 1. The van der Waals surface area contributed by atoms with Gasteiger partial charge < -0.3 is 10.2 Å². The summed E-state index contributed by atoms with van der Waals surface area (Å²) in [5.41, 5.74) is 0.601. The Kier molecular flexibility index (Phi) is 7.80. The first-order valence-corrected chi connectivity index (χ1v) is 10.4. The van der Waals surface area contributed by atoms with Crippen molar-refractivity contribution in [3.8, 4) is 0 Å². The van der Waals surface area contributed by atoms with Crippen LogP contribution in [0.1, 0.15) is 32.1 Å². The molecule has 1 aromatic carbocycles. The lowest BCUT2D eigenvalue weighted by atomic mass is 10.1. The van der Waals surface area contributed by atoms with Gasteiger partial charge in [0.15, 0.2) is 0 Å². The van der Waals surface area contributed by atoms with Gasteiger partial charge in [-0.05, 0) is 37.1 Å². The van der Waals surface area contributed by atoms with Crippen molar-refractivity contribution < 1.29 is 14.0 Å². The van der Waals surface area contributed by atoms with Gasteiger partial charge in [0.25, 0.3) is 0 Å². The van der Waals surface area contributed by atoms with Crippen molar-refractivity contribution in [2.45, 2.75) is 32.1 Å². The maximum absolute atomic E-state index is 12.9. The molecule has 0 unspecified atom stereocenters. The first-order chi connectivity index (χ1) is 13.6. The van der Waals surface area contributed by atoms with Gasteiger partial charge in [-0.25, -0.2) is 4.39 Å². The first kappa shape index (κ1) is 20.7. The maximum Gasteiger partial charge on any atom is 0.238 e. The summed E-state index contributed by atoms with van der Waals surface area (Å²) >= 11 is 0. The monoisotopic (exact) mass is 390 g/mol. The summed E-state index contributed by atoms with van der Waals surface area (Å²) in [6.45, 7) is 5.70. The van der Waals surface area contributed by atoms with Crippen molar-refractivity contribution in [2.24, 2.45) is 0 Å². The molecule has 2 aliphatic heterocycles. The second kappa shape index (κ2) is 10.5. The summed E-state index contributed by atoms with van der Waals surface area (Å²) in [6.07, 6.45) is 5.97. The third kappa shape index (κ3) is 6.56. The zero-order valence-corrected chi connectivity index (χ0v) is 16.5. The molecule has 2 amide bonds. The van der Waals surface area contributed by atoms with Gasteiger partial charge in [-0.2, -0.15) is 0 Å². The Hall–Kier alpha value is -1.99. The number of amides is 2. The minimum atomic E-state index is -0.320. The van der Waals surface area contributed by atoms with E-state index < -0.39 is 0 Å². The van der Waals surface area contributed by atoms with Gasteiger partial charge in [-0.3, -0.25) is 19.4 Å². The topological polar surface area (TPSA) is 55.9 Å². The lowest BCUT2D eigenvalue weighted by Crippen LogP contribution is -2.51. The number of benzene rings is 1. The summed E-state index contributed by atoms with van der Waals surface area (Å²) in [6, 6.07) is 5.78. The number of halogens is 1. The zero-order chi connectivity index (χ0) is 19.8. The van der Waals surface area contributed by atoms with Crippen LogP contribution in [0.4, 0.5) is 10.1 Å². The van der Waals surface area contributed by atoms with Crippen molar-refractivity contribution in [3.63, 3.8) is 0 Å². The van der Waals surface area contributed by atoms with Crippen LogP contribution in [-0.2, 0) is 9.59 Å². The third-order valence-electron chi connectivity index (χ3n) is 5.53. The van der Waals surface area contributed by atoms with E-state index in [2.05, 4.69) is 15.1 Å². The predicted molar refractivity (Wildman–Crippen MR) is 108 cm³/mol. The van der Waals surface area contributed by atoms with Gasteiger partial charge in [-0.1, -0.05) is 19.3 Å². The number of carbonyl (C=O) groups is 2. The molecule has 2 aliphatic rings. The molecule has 2 fully saturated rings.